The Balaban J connectivity index is 0.000000383. The van der Waals surface area contributed by atoms with Gasteiger partial charge in [0.1, 0.15) is 11.6 Å². The number of nitrogens with zero attached hydrogens (tertiary/aromatic N) is 2. The van der Waals surface area contributed by atoms with E-state index in [2.05, 4.69) is 9.88 Å². The molecule has 0 bridgehead atoms. The molecule has 1 aromatic heterocycles. The van der Waals surface area contributed by atoms with Crippen LogP contribution in [0.25, 0.3) is 10.8 Å². The molecule has 1 saturated heterocycles. The van der Waals surface area contributed by atoms with Gasteiger partial charge >= 0.3 is 12.1 Å². The first-order chi connectivity index (χ1) is 15.5. The van der Waals surface area contributed by atoms with Crippen LogP contribution in [0.5, 0.6) is 0 Å². The quantitative estimate of drug-likeness (QED) is 0.422. The third kappa shape index (κ3) is 5.54. The molecule has 1 aliphatic heterocycles. The van der Waals surface area contributed by atoms with E-state index >= 15 is 0 Å². The number of fused-ring (bicyclic) bond motifs is 1. The van der Waals surface area contributed by atoms with Crippen molar-refractivity contribution in [2.45, 2.75) is 24.6 Å². The number of carbonyl (C=O) groups is 1. The predicted octanol–water partition coefficient (Wildman–Crippen LogP) is 4.61. The highest BCUT2D eigenvalue weighted by atomic mass is 19.4. The van der Waals surface area contributed by atoms with Crippen molar-refractivity contribution in [1.29, 1.82) is 0 Å². The first-order valence-corrected chi connectivity index (χ1v) is 9.78. The standard InChI is InChI=1S/C20H18F3N3.C2HF3O2/c21-16-10-18(23)17(22)9-15(16)14-6-8-26(11-19(14)24)20-13-4-2-1-3-12(13)5-7-25-20;3-2(4,5)1(6)7/h1-5,7,9-10,14,19H,6,8,11,24H2;(H,6,7)/t14-,19+;/m1./s1. The van der Waals surface area contributed by atoms with Crippen molar-refractivity contribution in [3.63, 3.8) is 0 Å². The molecular formula is C22H19F6N3O2. The number of carboxylic acid groups (broad SMARTS) is 1. The van der Waals surface area contributed by atoms with Gasteiger partial charge in [-0.15, -0.1) is 0 Å². The molecule has 1 aliphatic rings. The normalized spacial score (nSPS) is 18.6. The molecule has 1 fully saturated rings. The van der Waals surface area contributed by atoms with Gasteiger partial charge in [-0.25, -0.2) is 22.9 Å². The van der Waals surface area contributed by atoms with Crippen LogP contribution in [0.3, 0.4) is 0 Å². The van der Waals surface area contributed by atoms with E-state index in [1.807, 2.05) is 30.3 Å². The summed E-state index contributed by atoms with van der Waals surface area (Å²) in [5.74, 6) is -5.27. The summed E-state index contributed by atoms with van der Waals surface area (Å²) in [5, 5.41) is 9.24. The van der Waals surface area contributed by atoms with E-state index in [9.17, 15) is 26.3 Å². The van der Waals surface area contributed by atoms with Crippen molar-refractivity contribution in [3.8, 4) is 0 Å². The molecule has 0 radical (unpaired) electrons. The Morgan fingerprint density at radius 1 is 1.06 bits per heavy atom. The predicted molar refractivity (Wildman–Crippen MR) is 109 cm³/mol. The molecule has 0 spiro atoms. The zero-order chi connectivity index (χ0) is 24.3. The zero-order valence-electron chi connectivity index (χ0n) is 17.0. The number of hydrogen-bond donors (Lipinski definition) is 2. The number of pyridine rings is 1. The Morgan fingerprint density at radius 3 is 2.33 bits per heavy atom. The lowest BCUT2D eigenvalue weighted by molar-refractivity contribution is -0.192. The van der Waals surface area contributed by atoms with Crippen LogP contribution >= 0.6 is 0 Å². The van der Waals surface area contributed by atoms with Gasteiger partial charge < -0.3 is 15.7 Å². The lowest BCUT2D eigenvalue weighted by Crippen LogP contribution is -2.48. The van der Waals surface area contributed by atoms with Gasteiger partial charge in [0.15, 0.2) is 11.6 Å². The van der Waals surface area contributed by atoms with Crippen LogP contribution in [0.1, 0.15) is 17.9 Å². The van der Waals surface area contributed by atoms with E-state index in [-0.39, 0.29) is 11.5 Å². The van der Waals surface area contributed by atoms with Gasteiger partial charge in [-0.2, -0.15) is 13.2 Å². The molecule has 11 heteroatoms. The third-order valence-corrected chi connectivity index (χ3v) is 5.29. The average Bonchev–Trinajstić information content (AvgIpc) is 2.76. The average molecular weight is 471 g/mol. The molecule has 176 valence electrons. The van der Waals surface area contributed by atoms with E-state index in [0.29, 0.717) is 25.6 Å². The van der Waals surface area contributed by atoms with Crippen LogP contribution in [0.2, 0.25) is 0 Å². The highest BCUT2D eigenvalue weighted by Crippen LogP contribution is 2.33. The van der Waals surface area contributed by atoms with Gasteiger partial charge in [-0.05, 0) is 29.5 Å². The molecule has 3 N–H and O–H groups in total. The molecule has 0 amide bonds. The number of carboxylic acids is 1. The summed E-state index contributed by atoms with van der Waals surface area (Å²) in [6.07, 6.45) is -2.79. The van der Waals surface area contributed by atoms with Crippen LogP contribution in [-0.2, 0) is 4.79 Å². The second-order valence-electron chi connectivity index (χ2n) is 7.45. The highest BCUT2D eigenvalue weighted by molar-refractivity contribution is 5.92. The summed E-state index contributed by atoms with van der Waals surface area (Å²) < 4.78 is 72.6. The van der Waals surface area contributed by atoms with E-state index < -0.39 is 35.6 Å². The summed E-state index contributed by atoms with van der Waals surface area (Å²) in [5.41, 5.74) is 6.43. The van der Waals surface area contributed by atoms with Gasteiger partial charge in [0.05, 0.1) is 0 Å². The SMILES string of the molecule is N[C@H]1CN(c2nccc3ccccc23)CC[C@@H]1c1cc(F)c(F)cc1F.O=C(O)C(F)(F)F. The van der Waals surface area contributed by atoms with E-state index in [0.717, 1.165) is 22.7 Å². The monoisotopic (exact) mass is 471 g/mol. The summed E-state index contributed by atoms with van der Waals surface area (Å²) in [6, 6.07) is 11.0. The Labute approximate surface area is 184 Å². The minimum absolute atomic E-state index is 0.141. The van der Waals surface area contributed by atoms with Gasteiger partial charge in [0, 0.05) is 42.7 Å². The van der Waals surface area contributed by atoms with Gasteiger partial charge in [-0.1, -0.05) is 24.3 Å². The van der Waals surface area contributed by atoms with Crippen molar-refractivity contribution in [3.05, 3.63) is 71.7 Å². The number of nitrogens with two attached hydrogens (primary N) is 1. The topological polar surface area (TPSA) is 79.5 Å². The minimum atomic E-state index is -5.08. The molecule has 33 heavy (non-hydrogen) atoms. The van der Waals surface area contributed by atoms with Gasteiger partial charge in [0.25, 0.3) is 0 Å². The maximum Gasteiger partial charge on any atom is 0.490 e. The maximum absolute atomic E-state index is 14.1. The number of aromatic nitrogens is 1. The van der Waals surface area contributed by atoms with E-state index in [1.54, 1.807) is 6.20 Å². The van der Waals surface area contributed by atoms with E-state index in [1.165, 1.54) is 0 Å². The molecule has 2 aromatic carbocycles. The molecule has 0 saturated carbocycles. The molecule has 2 atom stereocenters. The van der Waals surface area contributed by atoms with Gasteiger partial charge in [-0.3, -0.25) is 0 Å². The molecule has 5 nitrogen and oxygen atoms in total. The maximum atomic E-state index is 14.1. The van der Waals surface area contributed by atoms with Crippen LogP contribution in [-0.4, -0.2) is 41.4 Å². The molecule has 2 heterocycles. The number of hydrogen-bond acceptors (Lipinski definition) is 4. The number of rotatable bonds is 2. The summed E-state index contributed by atoms with van der Waals surface area (Å²) >= 11 is 0. The number of alkyl halides is 3. The third-order valence-electron chi connectivity index (χ3n) is 5.29. The molecule has 0 unspecified atom stereocenters. The smallest absolute Gasteiger partial charge is 0.475 e. The molecule has 0 aliphatic carbocycles. The molecular weight excluding hydrogens is 452 g/mol. The second kappa shape index (κ2) is 9.65. The fraction of sp³-hybridized carbons (Fsp3) is 0.273. The van der Waals surface area contributed by atoms with E-state index in [4.69, 9.17) is 15.6 Å². The van der Waals surface area contributed by atoms with Crippen LogP contribution in [0.4, 0.5) is 32.2 Å². The largest absolute Gasteiger partial charge is 0.490 e. The number of benzene rings is 2. The van der Waals surface area contributed by atoms with Crippen LogP contribution in [0.15, 0.2) is 48.7 Å². The van der Waals surface area contributed by atoms with Crippen LogP contribution in [0, 0.1) is 17.5 Å². The van der Waals surface area contributed by atoms with Crippen molar-refractivity contribution in [2.75, 3.05) is 18.0 Å². The lowest BCUT2D eigenvalue weighted by Gasteiger charge is -2.38. The number of halogens is 6. The number of aliphatic carboxylic acids is 1. The van der Waals surface area contributed by atoms with Crippen LogP contribution < -0.4 is 10.6 Å². The Kier molecular flexibility index (Phi) is 7.11. The Hall–Kier alpha value is -3.34. The second-order valence-corrected chi connectivity index (χ2v) is 7.45. The fourth-order valence-corrected chi connectivity index (χ4v) is 3.74. The first kappa shape index (κ1) is 24.3. The Morgan fingerprint density at radius 2 is 1.70 bits per heavy atom. The summed E-state index contributed by atoms with van der Waals surface area (Å²) in [7, 11) is 0. The summed E-state index contributed by atoms with van der Waals surface area (Å²) in [4.78, 5) is 15.5. The Bertz CT molecular complexity index is 1150. The number of anilines is 1. The fourth-order valence-electron chi connectivity index (χ4n) is 3.74. The first-order valence-electron chi connectivity index (χ1n) is 9.78. The van der Waals surface area contributed by atoms with Gasteiger partial charge in [0.2, 0.25) is 0 Å². The minimum Gasteiger partial charge on any atom is -0.475 e. The van der Waals surface area contributed by atoms with Crippen molar-refractivity contribution < 1.29 is 36.2 Å². The molecule has 4 rings (SSSR count). The summed E-state index contributed by atoms with van der Waals surface area (Å²) in [6.45, 7) is 1.07. The van der Waals surface area contributed by atoms with Crippen molar-refractivity contribution >= 4 is 22.6 Å². The highest BCUT2D eigenvalue weighted by Gasteiger charge is 2.38. The lowest BCUT2D eigenvalue weighted by atomic mass is 9.85. The van der Waals surface area contributed by atoms with Crippen molar-refractivity contribution in [1.82, 2.24) is 4.98 Å². The van der Waals surface area contributed by atoms with Crippen molar-refractivity contribution in [2.24, 2.45) is 5.73 Å². The molecule has 3 aromatic rings. The zero-order valence-corrected chi connectivity index (χ0v) is 17.0. The number of piperidine rings is 1.